The van der Waals surface area contributed by atoms with Crippen LogP contribution in [0.4, 0.5) is 8.78 Å². The van der Waals surface area contributed by atoms with Crippen molar-refractivity contribution in [1.29, 1.82) is 0 Å². The average molecular weight is 569 g/mol. The molecule has 0 spiro atoms. The molecule has 3 aromatic rings. The SMILES string of the molecule is Cc1cc(C(=O)NC(Cc2cc(F)cc(F)c2)C(O)C2CCCN2)cc(C(=O)N2CCCC2c2nc(C)cs2)c1. The van der Waals surface area contributed by atoms with E-state index in [1.165, 1.54) is 12.1 Å². The average Bonchev–Trinajstić information content (AvgIpc) is 3.68. The number of hydrogen-bond acceptors (Lipinski definition) is 6. The van der Waals surface area contributed by atoms with Crippen LogP contribution in [0.15, 0.2) is 41.8 Å². The number of halogens is 2. The molecule has 4 atom stereocenters. The molecule has 2 aliphatic rings. The van der Waals surface area contributed by atoms with Crippen LogP contribution >= 0.6 is 11.3 Å². The fourth-order valence-corrected chi connectivity index (χ4v) is 6.71. The molecule has 0 saturated carbocycles. The maximum atomic E-state index is 13.9. The molecule has 2 saturated heterocycles. The predicted molar refractivity (Wildman–Crippen MR) is 149 cm³/mol. The van der Waals surface area contributed by atoms with Crippen LogP contribution in [0.5, 0.6) is 0 Å². The van der Waals surface area contributed by atoms with Crippen LogP contribution in [-0.2, 0) is 6.42 Å². The summed E-state index contributed by atoms with van der Waals surface area (Å²) in [7, 11) is 0. The molecule has 10 heteroatoms. The maximum Gasteiger partial charge on any atom is 0.254 e. The number of amides is 2. The zero-order valence-corrected chi connectivity index (χ0v) is 23.4. The fourth-order valence-electron chi connectivity index (χ4n) is 5.77. The molecular weight excluding hydrogens is 534 g/mol. The highest BCUT2D eigenvalue weighted by Gasteiger charge is 2.34. The molecule has 7 nitrogen and oxygen atoms in total. The lowest BCUT2D eigenvalue weighted by molar-refractivity contribution is 0.0733. The van der Waals surface area contributed by atoms with Gasteiger partial charge in [0, 0.05) is 40.9 Å². The zero-order valence-electron chi connectivity index (χ0n) is 22.6. The standard InChI is InChI=1S/C30H34F2N4O3S/c1-17-9-20(14-21(10-17)30(39)36-8-4-6-26(36)29-34-18(2)16-40-29)28(38)35-25(27(37)24-5-3-7-33-24)13-19-11-22(31)15-23(32)12-19/h9-12,14-16,24-27,33,37H,3-8,13H2,1-2H3,(H,35,38). The van der Waals surface area contributed by atoms with Gasteiger partial charge in [-0.25, -0.2) is 13.8 Å². The van der Waals surface area contributed by atoms with Crippen LogP contribution in [0.2, 0.25) is 0 Å². The number of carbonyl (C=O) groups is 2. The first kappa shape index (κ1) is 28.3. The summed E-state index contributed by atoms with van der Waals surface area (Å²) in [6.07, 6.45) is 2.40. The minimum atomic E-state index is -0.976. The predicted octanol–water partition coefficient (Wildman–Crippen LogP) is 4.47. The van der Waals surface area contributed by atoms with Gasteiger partial charge in [-0.1, -0.05) is 0 Å². The van der Waals surface area contributed by atoms with Crippen molar-refractivity contribution >= 4 is 23.2 Å². The van der Waals surface area contributed by atoms with E-state index in [-0.39, 0.29) is 30.0 Å². The van der Waals surface area contributed by atoms with Crippen LogP contribution in [0.25, 0.3) is 0 Å². The smallest absolute Gasteiger partial charge is 0.254 e. The maximum absolute atomic E-state index is 13.9. The van der Waals surface area contributed by atoms with Crippen molar-refractivity contribution in [3.05, 3.63) is 86.4 Å². The molecule has 40 heavy (non-hydrogen) atoms. The normalized spacial score (nSPS) is 20.5. The van der Waals surface area contributed by atoms with Gasteiger partial charge in [0.05, 0.1) is 18.2 Å². The third-order valence-electron chi connectivity index (χ3n) is 7.64. The molecule has 2 aliphatic heterocycles. The van der Waals surface area contributed by atoms with Gasteiger partial charge in [0.25, 0.3) is 11.8 Å². The molecule has 2 amide bonds. The summed E-state index contributed by atoms with van der Waals surface area (Å²) in [5, 5.41) is 20.2. The van der Waals surface area contributed by atoms with E-state index in [0.29, 0.717) is 17.7 Å². The second kappa shape index (κ2) is 12.1. The van der Waals surface area contributed by atoms with E-state index in [4.69, 9.17) is 0 Å². The van der Waals surface area contributed by atoms with E-state index < -0.39 is 29.7 Å². The minimum absolute atomic E-state index is 0.0417. The Morgan fingerprint density at radius 3 is 2.52 bits per heavy atom. The van der Waals surface area contributed by atoms with Crippen LogP contribution in [0.3, 0.4) is 0 Å². The quantitative estimate of drug-likeness (QED) is 0.373. The summed E-state index contributed by atoms with van der Waals surface area (Å²) in [6, 6.07) is 7.09. The zero-order chi connectivity index (χ0) is 28.4. The third-order valence-corrected chi connectivity index (χ3v) is 8.70. The van der Waals surface area contributed by atoms with E-state index in [1.807, 2.05) is 24.1 Å². The highest BCUT2D eigenvalue weighted by atomic mass is 32.1. The number of thiazole rings is 1. The van der Waals surface area contributed by atoms with Gasteiger partial charge in [-0.2, -0.15) is 0 Å². The highest BCUT2D eigenvalue weighted by molar-refractivity contribution is 7.09. The number of nitrogens with one attached hydrogen (secondary N) is 2. The molecular formula is C30H34F2N4O3S. The molecule has 2 aromatic carbocycles. The van der Waals surface area contributed by atoms with Gasteiger partial charge in [0.2, 0.25) is 0 Å². The molecule has 0 radical (unpaired) electrons. The lowest BCUT2D eigenvalue weighted by Crippen LogP contribution is -2.52. The van der Waals surface area contributed by atoms with Gasteiger partial charge >= 0.3 is 0 Å². The van der Waals surface area contributed by atoms with E-state index in [1.54, 1.807) is 29.5 Å². The molecule has 0 bridgehead atoms. The number of likely N-dealkylation sites (tertiary alicyclic amines) is 1. The van der Waals surface area contributed by atoms with Crippen molar-refractivity contribution in [3.63, 3.8) is 0 Å². The third kappa shape index (κ3) is 6.40. The van der Waals surface area contributed by atoms with Crippen molar-refractivity contribution in [2.75, 3.05) is 13.1 Å². The number of aliphatic hydroxyl groups excluding tert-OH is 1. The van der Waals surface area contributed by atoms with Gasteiger partial charge in [-0.15, -0.1) is 11.3 Å². The molecule has 0 aliphatic carbocycles. The number of carbonyl (C=O) groups excluding carboxylic acids is 2. The number of rotatable bonds is 8. The monoisotopic (exact) mass is 568 g/mol. The molecule has 3 heterocycles. The first-order valence-corrected chi connectivity index (χ1v) is 14.6. The summed E-state index contributed by atoms with van der Waals surface area (Å²) < 4.78 is 27.8. The van der Waals surface area contributed by atoms with E-state index in [9.17, 15) is 23.5 Å². The summed E-state index contributed by atoms with van der Waals surface area (Å²) in [5.41, 5.74) is 2.70. The molecule has 212 valence electrons. The Bertz CT molecular complexity index is 1370. The summed E-state index contributed by atoms with van der Waals surface area (Å²) >= 11 is 1.55. The number of aliphatic hydroxyl groups is 1. The Morgan fingerprint density at radius 1 is 1.10 bits per heavy atom. The van der Waals surface area contributed by atoms with Gasteiger partial charge < -0.3 is 20.6 Å². The lowest BCUT2D eigenvalue weighted by atomic mass is 9.94. The number of benzene rings is 2. The second-order valence-electron chi connectivity index (χ2n) is 10.8. The Kier molecular flexibility index (Phi) is 8.58. The Morgan fingerprint density at radius 2 is 1.85 bits per heavy atom. The largest absolute Gasteiger partial charge is 0.389 e. The van der Waals surface area contributed by atoms with Crippen molar-refractivity contribution in [2.45, 2.75) is 70.2 Å². The second-order valence-corrected chi connectivity index (χ2v) is 11.7. The van der Waals surface area contributed by atoms with Crippen molar-refractivity contribution in [3.8, 4) is 0 Å². The summed E-state index contributed by atoms with van der Waals surface area (Å²) in [6.45, 7) is 5.12. The van der Waals surface area contributed by atoms with Crippen molar-refractivity contribution < 1.29 is 23.5 Å². The van der Waals surface area contributed by atoms with Crippen LogP contribution < -0.4 is 10.6 Å². The molecule has 4 unspecified atom stereocenters. The molecule has 1 aromatic heterocycles. The van der Waals surface area contributed by atoms with E-state index in [2.05, 4.69) is 15.6 Å². The van der Waals surface area contributed by atoms with Gasteiger partial charge in [-0.05, 0) is 94.0 Å². The first-order chi connectivity index (χ1) is 19.2. The van der Waals surface area contributed by atoms with Crippen LogP contribution in [0, 0.1) is 25.5 Å². The number of aryl methyl sites for hydroxylation is 2. The lowest BCUT2D eigenvalue weighted by Gasteiger charge is -2.29. The minimum Gasteiger partial charge on any atom is -0.389 e. The van der Waals surface area contributed by atoms with Crippen molar-refractivity contribution in [2.24, 2.45) is 0 Å². The van der Waals surface area contributed by atoms with Gasteiger partial charge in [-0.3, -0.25) is 9.59 Å². The number of nitrogens with zero attached hydrogens (tertiary/aromatic N) is 2. The summed E-state index contributed by atoms with van der Waals surface area (Å²) in [4.78, 5) is 33.6. The van der Waals surface area contributed by atoms with E-state index >= 15 is 0 Å². The first-order valence-electron chi connectivity index (χ1n) is 13.7. The topological polar surface area (TPSA) is 94.6 Å². The number of aromatic nitrogens is 1. The fraction of sp³-hybridized carbons (Fsp3) is 0.433. The van der Waals surface area contributed by atoms with Gasteiger partial charge in [0.15, 0.2) is 0 Å². The highest BCUT2D eigenvalue weighted by Crippen LogP contribution is 2.35. The van der Waals surface area contributed by atoms with Gasteiger partial charge in [0.1, 0.15) is 16.6 Å². The van der Waals surface area contributed by atoms with E-state index in [0.717, 1.165) is 54.6 Å². The number of hydrogen-bond donors (Lipinski definition) is 3. The van der Waals surface area contributed by atoms with Crippen molar-refractivity contribution in [1.82, 2.24) is 20.5 Å². The Hall–Kier alpha value is -3.21. The molecule has 2 fully saturated rings. The molecule has 3 N–H and O–H groups in total. The van der Waals surface area contributed by atoms with Crippen LogP contribution in [-0.4, -0.2) is 58.1 Å². The Balaban J connectivity index is 1.37. The molecule has 5 rings (SSSR count). The Labute approximate surface area is 236 Å². The van der Waals surface area contributed by atoms with Crippen LogP contribution in [0.1, 0.15) is 74.3 Å². The summed E-state index contributed by atoms with van der Waals surface area (Å²) in [5.74, 6) is -2.06.